The Morgan fingerprint density at radius 2 is 1.77 bits per heavy atom. The van der Waals surface area contributed by atoms with Gasteiger partial charge < -0.3 is 19.8 Å². The lowest BCUT2D eigenvalue weighted by molar-refractivity contribution is -0.147. The predicted molar refractivity (Wildman–Crippen MR) is 137 cm³/mol. The Morgan fingerprint density at radius 1 is 1.06 bits per heavy atom. The number of carbonyl (C=O) groups is 3. The highest BCUT2D eigenvalue weighted by Gasteiger charge is 2.71. The van der Waals surface area contributed by atoms with E-state index >= 15 is 0 Å². The molecule has 0 aromatic heterocycles. The van der Waals surface area contributed by atoms with E-state index in [2.05, 4.69) is 0 Å². The number of fused-ring (bicyclic) bond motifs is 2. The Balaban J connectivity index is 1.63. The van der Waals surface area contributed by atoms with Gasteiger partial charge in [0.1, 0.15) is 6.04 Å². The van der Waals surface area contributed by atoms with Crippen molar-refractivity contribution in [1.29, 1.82) is 0 Å². The van der Waals surface area contributed by atoms with Crippen LogP contribution >= 0.6 is 11.8 Å². The zero-order chi connectivity index (χ0) is 25.1. The summed E-state index contributed by atoms with van der Waals surface area (Å²) in [4.78, 5) is 47.4. The number of likely N-dealkylation sites (tertiary alicyclic amines) is 1. The molecule has 0 aliphatic carbocycles. The van der Waals surface area contributed by atoms with E-state index < -0.39 is 34.2 Å². The highest BCUT2D eigenvalue weighted by molar-refractivity contribution is 8.02. The van der Waals surface area contributed by atoms with Crippen molar-refractivity contribution in [2.75, 3.05) is 24.6 Å². The van der Waals surface area contributed by atoms with Crippen LogP contribution in [0, 0.1) is 11.8 Å². The molecule has 4 aliphatic heterocycles. The maximum absolute atomic E-state index is 14.1. The molecule has 0 bridgehead atoms. The first-order valence-corrected chi connectivity index (χ1v) is 13.1. The van der Waals surface area contributed by atoms with E-state index in [9.17, 15) is 19.5 Å². The first-order chi connectivity index (χ1) is 16.6. The molecule has 1 N–H and O–H groups in total. The fourth-order valence-corrected chi connectivity index (χ4v) is 8.08. The summed E-state index contributed by atoms with van der Waals surface area (Å²) in [7, 11) is 0. The first kappa shape index (κ1) is 24.1. The van der Waals surface area contributed by atoms with Gasteiger partial charge in [0, 0.05) is 29.6 Å². The number of para-hydroxylation sites is 1. The van der Waals surface area contributed by atoms with Gasteiger partial charge in [-0.1, -0.05) is 42.5 Å². The number of rotatable bonds is 3. The SMILES string of the molecule is C[C@H](CO)N1C(=O)[C@@H]2[C@H]3C(=O)N(c4ccccc4)CC=C[C@H]3S[C@@]23C=CCN(C(C)(C)C)C(=O)C13. The Kier molecular flexibility index (Phi) is 5.87. The summed E-state index contributed by atoms with van der Waals surface area (Å²) in [5.74, 6) is -1.72. The molecule has 186 valence electrons. The standard InChI is InChI=1S/C27H33N3O4S/c1-17(16-31)30-22-25(34)29(26(2,3)4)15-9-13-27(22)21(24(30)33)20-19(35-27)12-8-14-28(23(20)32)18-10-6-5-7-11-18/h5-13,17,19-22,31H,14-16H2,1-4H3/t17-,19-,20+,21+,22?,27+/m1/s1. The van der Waals surface area contributed by atoms with Crippen LogP contribution in [0.25, 0.3) is 0 Å². The number of amides is 3. The monoisotopic (exact) mass is 495 g/mol. The molecule has 2 saturated heterocycles. The van der Waals surface area contributed by atoms with Crippen molar-refractivity contribution in [1.82, 2.24) is 9.80 Å². The minimum absolute atomic E-state index is 0.0936. The van der Waals surface area contributed by atoms with E-state index in [0.29, 0.717) is 13.1 Å². The van der Waals surface area contributed by atoms with Crippen molar-refractivity contribution in [3.05, 3.63) is 54.6 Å². The van der Waals surface area contributed by atoms with Gasteiger partial charge in [-0.25, -0.2) is 0 Å². The molecule has 6 atom stereocenters. The van der Waals surface area contributed by atoms with Crippen LogP contribution < -0.4 is 4.90 Å². The van der Waals surface area contributed by atoms with Crippen molar-refractivity contribution in [3.63, 3.8) is 0 Å². The third kappa shape index (κ3) is 3.56. The summed E-state index contributed by atoms with van der Waals surface area (Å²) in [6, 6.07) is 8.20. The van der Waals surface area contributed by atoms with Crippen LogP contribution in [0.2, 0.25) is 0 Å². The summed E-state index contributed by atoms with van der Waals surface area (Å²) >= 11 is 1.56. The molecule has 7 nitrogen and oxygen atoms in total. The molecule has 1 aromatic carbocycles. The lowest BCUT2D eigenvalue weighted by Crippen LogP contribution is -2.59. The maximum atomic E-state index is 14.1. The van der Waals surface area contributed by atoms with Gasteiger partial charge in [-0.05, 0) is 39.8 Å². The number of hydrogen-bond acceptors (Lipinski definition) is 5. The summed E-state index contributed by atoms with van der Waals surface area (Å²) in [6.45, 7) is 8.36. The van der Waals surface area contributed by atoms with Gasteiger partial charge >= 0.3 is 0 Å². The second kappa shape index (κ2) is 8.52. The summed E-state index contributed by atoms with van der Waals surface area (Å²) in [5.41, 5.74) is 0.359. The Hall–Kier alpha value is -2.58. The van der Waals surface area contributed by atoms with Crippen LogP contribution in [0.4, 0.5) is 5.69 Å². The number of anilines is 1. The second-order valence-electron chi connectivity index (χ2n) is 10.9. The topological polar surface area (TPSA) is 81.2 Å². The normalized spacial score (nSPS) is 33.4. The van der Waals surface area contributed by atoms with Crippen LogP contribution in [0.15, 0.2) is 54.6 Å². The first-order valence-electron chi connectivity index (χ1n) is 12.2. The van der Waals surface area contributed by atoms with E-state index in [4.69, 9.17) is 0 Å². The van der Waals surface area contributed by atoms with Crippen molar-refractivity contribution in [2.24, 2.45) is 11.8 Å². The fourth-order valence-electron chi connectivity index (χ4n) is 6.08. The molecule has 5 rings (SSSR count). The molecule has 8 heteroatoms. The van der Waals surface area contributed by atoms with E-state index in [1.807, 2.05) is 75.4 Å². The van der Waals surface area contributed by atoms with Gasteiger partial charge in [-0.15, -0.1) is 11.8 Å². The van der Waals surface area contributed by atoms with Gasteiger partial charge in [0.15, 0.2) is 0 Å². The molecule has 4 heterocycles. The highest BCUT2D eigenvalue weighted by atomic mass is 32.2. The molecular formula is C27H33N3O4S. The van der Waals surface area contributed by atoms with Gasteiger partial charge in [0.05, 0.1) is 29.2 Å². The number of nitrogens with zero attached hydrogens (tertiary/aromatic N) is 3. The average Bonchev–Trinajstić information content (AvgIpc) is 3.14. The number of carbonyl (C=O) groups excluding carboxylic acids is 3. The lowest BCUT2D eigenvalue weighted by Gasteiger charge is -2.41. The van der Waals surface area contributed by atoms with Crippen molar-refractivity contribution in [2.45, 2.75) is 55.3 Å². The van der Waals surface area contributed by atoms with Crippen molar-refractivity contribution in [3.8, 4) is 0 Å². The molecule has 0 radical (unpaired) electrons. The third-order valence-corrected chi connectivity index (χ3v) is 9.46. The Morgan fingerprint density at radius 3 is 2.43 bits per heavy atom. The number of benzene rings is 1. The second-order valence-corrected chi connectivity index (χ2v) is 12.3. The fraction of sp³-hybridized carbons (Fsp3) is 0.519. The predicted octanol–water partition coefficient (Wildman–Crippen LogP) is 2.46. The minimum atomic E-state index is -0.868. The molecular weight excluding hydrogens is 462 g/mol. The molecule has 2 fully saturated rings. The van der Waals surface area contributed by atoms with Crippen LogP contribution in [0.5, 0.6) is 0 Å². The molecule has 4 aliphatic rings. The largest absolute Gasteiger partial charge is 0.394 e. The Bertz CT molecular complexity index is 1100. The quantitative estimate of drug-likeness (QED) is 0.652. The molecule has 1 unspecified atom stereocenters. The van der Waals surface area contributed by atoms with Gasteiger partial charge in [0.25, 0.3) is 0 Å². The zero-order valence-electron chi connectivity index (χ0n) is 20.6. The van der Waals surface area contributed by atoms with Crippen LogP contribution in [-0.2, 0) is 14.4 Å². The molecule has 0 saturated carbocycles. The maximum Gasteiger partial charge on any atom is 0.247 e. The molecule has 1 aromatic rings. The smallest absolute Gasteiger partial charge is 0.247 e. The van der Waals surface area contributed by atoms with Gasteiger partial charge in [-0.2, -0.15) is 0 Å². The van der Waals surface area contributed by atoms with Crippen molar-refractivity contribution >= 4 is 35.2 Å². The summed E-state index contributed by atoms with van der Waals surface area (Å²) in [6.07, 6.45) is 8.04. The van der Waals surface area contributed by atoms with Gasteiger partial charge in [0.2, 0.25) is 17.7 Å². The van der Waals surface area contributed by atoms with Crippen LogP contribution in [-0.4, -0.2) is 79.9 Å². The number of thioether (sulfide) groups is 1. The number of aliphatic hydroxyl groups excluding tert-OH is 1. The average molecular weight is 496 g/mol. The van der Waals surface area contributed by atoms with E-state index in [-0.39, 0.29) is 29.6 Å². The Labute approximate surface area is 210 Å². The minimum Gasteiger partial charge on any atom is -0.394 e. The molecule has 1 spiro atoms. The van der Waals surface area contributed by atoms with E-state index in [0.717, 1.165) is 5.69 Å². The number of hydrogen-bond donors (Lipinski definition) is 1. The third-order valence-electron chi connectivity index (χ3n) is 7.71. The van der Waals surface area contributed by atoms with Crippen LogP contribution in [0.1, 0.15) is 27.7 Å². The van der Waals surface area contributed by atoms with Crippen LogP contribution in [0.3, 0.4) is 0 Å². The van der Waals surface area contributed by atoms with Crippen molar-refractivity contribution < 1.29 is 19.5 Å². The molecule has 35 heavy (non-hydrogen) atoms. The number of aliphatic hydroxyl groups is 1. The van der Waals surface area contributed by atoms with Gasteiger partial charge in [-0.3, -0.25) is 14.4 Å². The van der Waals surface area contributed by atoms with E-state index in [1.54, 1.807) is 33.4 Å². The zero-order valence-corrected chi connectivity index (χ0v) is 21.4. The summed E-state index contributed by atoms with van der Waals surface area (Å²) in [5, 5.41) is 9.83. The summed E-state index contributed by atoms with van der Waals surface area (Å²) < 4.78 is -0.868. The molecule has 3 amide bonds. The lowest BCUT2D eigenvalue weighted by atomic mass is 9.78. The van der Waals surface area contributed by atoms with E-state index in [1.165, 1.54) is 0 Å². The highest BCUT2D eigenvalue weighted by Crippen LogP contribution is 2.61.